The van der Waals surface area contributed by atoms with Crippen LogP contribution >= 0.6 is 0 Å². The van der Waals surface area contributed by atoms with Crippen molar-refractivity contribution in [1.29, 1.82) is 0 Å². The molecule has 2 aliphatic carbocycles. The monoisotopic (exact) mass is 553 g/mol. The third-order valence-electron chi connectivity index (χ3n) is 9.98. The van der Waals surface area contributed by atoms with Crippen molar-refractivity contribution >= 4 is 6.03 Å². The number of amides is 2. The van der Waals surface area contributed by atoms with Crippen LogP contribution in [-0.2, 0) is 10.2 Å². The topological polar surface area (TPSA) is 83.7 Å². The van der Waals surface area contributed by atoms with Gasteiger partial charge in [0.25, 0.3) is 5.92 Å². The van der Waals surface area contributed by atoms with Gasteiger partial charge in [0.1, 0.15) is 12.2 Å². The number of nitrogens with one attached hydrogen (secondary N) is 1. The summed E-state index contributed by atoms with van der Waals surface area (Å²) < 4.78 is 55.5. The quantitative estimate of drug-likeness (QED) is 0.538. The van der Waals surface area contributed by atoms with Gasteiger partial charge in [0.05, 0.1) is 18.1 Å². The molecule has 1 aromatic heterocycles. The molecule has 7 atom stereocenters. The summed E-state index contributed by atoms with van der Waals surface area (Å²) >= 11 is 0. The predicted octanol–water partition coefficient (Wildman–Crippen LogP) is 4.93. The van der Waals surface area contributed by atoms with Crippen LogP contribution in [0.15, 0.2) is 4.52 Å². The van der Waals surface area contributed by atoms with Crippen molar-refractivity contribution in [3.63, 3.8) is 0 Å². The number of hydrogen-bond donors (Lipinski definition) is 1. The molecular formula is C28H42F3N5O3. The van der Waals surface area contributed by atoms with E-state index in [-0.39, 0.29) is 18.4 Å². The first-order valence-corrected chi connectivity index (χ1v) is 14.9. The molecule has 2 saturated carbocycles. The number of carbonyl (C=O) groups excluding carboxylic acids is 1. The van der Waals surface area contributed by atoms with Gasteiger partial charge in [-0.1, -0.05) is 12.1 Å². The molecule has 11 heteroatoms. The number of urea groups is 1. The van der Waals surface area contributed by atoms with E-state index in [1.54, 1.807) is 4.90 Å². The Labute approximate surface area is 228 Å². The highest BCUT2D eigenvalue weighted by atomic mass is 19.3. The smallest absolute Gasteiger partial charge is 0.317 e. The van der Waals surface area contributed by atoms with Crippen LogP contribution in [0.25, 0.3) is 0 Å². The first-order chi connectivity index (χ1) is 18.5. The highest BCUT2D eigenvalue weighted by Gasteiger charge is 2.51. The van der Waals surface area contributed by atoms with Crippen molar-refractivity contribution in [3.8, 4) is 0 Å². The van der Waals surface area contributed by atoms with Crippen molar-refractivity contribution in [2.75, 3.05) is 13.1 Å². The Balaban J connectivity index is 1.06. The standard InChI is InChI=1S/C28H42F3N5O3/c1-16(2)36-17-6-7-18(36)14-19(13-17)38-22-5-4-8-28(30,31)23(22)32-26(37)35-11-9-27(3,10-12-35)25-33-24(39-34-25)20-15-21(20)29/h16-23H,4-15H2,1-3H3,(H,32,37)/t17-,18?,19+,20+,21-,22-,23+/m0/s1. The fourth-order valence-electron chi connectivity index (χ4n) is 7.54. The minimum atomic E-state index is -3.02. The van der Waals surface area contributed by atoms with E-state index < -0.39 is 35.7 Å². The van der Waals surface area contributed by atoms with Crippen LogP contribution in [0.3, 0.4) is 0 Å². The highest BCUT2D eigenvalue weighted by molar-refractivity contribution is 5.75. The molecule has 39 heavy (non-hydrogen) atoms. The molecule has 0 spiro atoms. The van der Waals surface area contributed by atoms with E-state index in [4.69, 9.17) is 9.26 Å². The average molecular weight is 554 g/mol. The first-order valence-electron chi connectivity index (χ1n) is 14.9. The zero-order chi connectivity index (χ0) is 27.5. The second-order valence-electron chi connectivity index (χ2n) is 13.1. The molecule has 6 rings (SSSR count). The summed E-state index contributed by atoms with van der Waals surface area (Å²) in [5.41, 5.74) is -0.413. The zero-order valence-corrected chi connectivity index (χ0v) is 23.3. The number of alkyl halides is 3. The average Bonchev–Trinajstić information content (AvgIpc) is 3.28. The number of nitrogens with zero attached hydrogens (tertiary/aromatic N) is 4. The Morgan fingerprint density at radius 3 is 2.38 bits per heavy atom. The molecule has 218 valence electrons. The van der Waals surface area contributed by atoms with Gasteiger partial charge in [-0.25, -0.2) is 18.0 Å². The van der Waals surface area contributed by atoms with E-state index in [0.717, 1.165) is 25.7 Å². The van der Waals surface area contributed by atoms with Gasteiger partial charge >= 0.3 is 6.03 Å². The van der Waals surface area contributed by atoms with Crippen LogP contribution in [0.2, 0.25) is 0 Å². The largest absolute Gasteiger partial charge is 0.372 e. The van der Waals surface area contributed by atoms with Crippen molar-refractivity contribution < 1.29 is 27.2 Å². The minimum absolute atomic E-state index is 0.0466. The van der Waals surface area contributed by atoms with E-state index in [1.165, 1.54) is 0 Å². The molecule has 5 aliphatic rings. The van der Waals surface area contributed by atoms with Gasteiger partial charge in [-0.15, -0.1) is 0 Å². The van der Waals surface area contributed by atoms with Crippen LogP contribution < -0.4 is 5.32 Å². The lowest BCUT2D eigenvalue weighted by molar-refractivity contribution is -0.152. The SMILES string of the molecule is CC(C)N1C2CC[C@H]1C[C@@H](O[C@H]1CCCC(F)(F)[C@@H]1NC(=O)N1CCC(C)(c3noc([C@@H]4C[C@@H]4F)n3)CC1)C2. The van der Waals surface area contributed by atoms with Crippen LogP contribution in [0.4, 0.5) is 18.0 Å². The van der Waals surface area contributed by atoms with Gasteiger partial charge in [-0.05, 0) is 71.6 Å². The third-order valence-corrected chi connectivity index (χ3v) is 9.98. The fourth-order valence-corrected chi connectivity index (χ4v) is 7.54. The lowest BCUT2D eigenvalue weighted by Crippen LogP contribution is -2.61. The summed E-state index contributed by atoms with van der Waals surface area (Å²) in [7, 11) is 0. The molecule has 1 unspecified atom stereocenters. The first kappa shape index (κ1) is 27.3. The minimum Gasteiger partial charge on any atom is -0.372 e. The number of fused-ring (bicyclic) bond motifs is 2. The summed E-state index contributed by atoms with van der Waals surface area (Å²) in [6.07, 6.45) is 4.60. The molecule has 3 saturated heterocycles. The maximum atomic E-state index is 15.2. The van der Waals surface area contributed by atoms with E-state index in [0.29, 0.717) is 75.0 Å². The van der Waals surface area contributed by atoms with Gasteiger partial charge in [-0.3, -0.25) is 4.90 Å². The summed E-state index contributed by atoms with van der Waals surface area (Å²) in [6.45, 7) is 7.23. The summed E-state index contributed by atoms with van der Waals surface area (Å²) in [4.78, 5) is 21.8. The predicted molar refractivity (Wildman–Crippen MR) is 138 cm³/mol. The highest BCUT2D eigenvalue weighted by Crippen LogP contribution is 2.44. The van der Waals surface area contributed by atoms with E-state index >= 15 is 8.78 Å². The van der Waals surface area contributed by atoms with E-state index in [2.05, 4.69) is 34.2 Å². The van der Waals surface area contributed by atoms with Crippen LogP contribution in [0, 0.1) is 0 Å². The lowest BCUT2D eigenvalue weighted by atomic mass is 9.79. The lowest BCUT2D eigenvalue weighted by Gasteiger charge is -2.45. The second kappa shape index (κ2) is 10.2. The number of piperidine rings is 2. The Bertz CT molecular complexity index is 1030. The van der Waals surface area contributed by atoms with Gasteiger partial charge in [0.15, 0.2) is 5.82 Å². The van der Waals surface area contributed by atoms with Gasteiger partial charge in [0, 0.05) is 43.1 Å². The van der Waals surface area contributed by atoms with E-state index in [9.17, 15) is 9.18 Å². The molecule has 4 heterocycles. The Morgan fingerprint density at radius 1 is 1.10 bits per heavy atom. The maximum absolute atomic E-state index is 15.2. The Hall–Kier alpha value is -1.88. The third kappa shape index (κ3) is 5.29. The summed E-state index contributed by atoms with van der Waals surface area (Å²) in [6, 6.07) is -0.430. The Morgan fingerprint density at radius 2 is 1.77 bits per heavy atom. The van der Waals surface area contributed by atoms with Crippen molar-refractivity contribution in [2.45, 2.75) is 145 Å². The normalized spacial score (nSPS) is 37.7. The van der Waals surface area contributed by atoms with Crippen molar-refractivity contribution in [3.05, 3.63) is 11.7 Å². The molecule has 1 N–H and O–H groups in total. The number of rotatable bonds is 6. The number of carbonyl (C=O) groups is 1. The molecular weight excluding hydrogens is 511 g/mol. The van der Waals surface area contributed by atoms with Gasteiger partial charge < -0.3 is 19.5 Å². The number of ether oxygens (including phenoxy) is 1. The molecule has 0 radical (unpaired) electrons. The number of halogens is 3. The molecule has 8 nitrogen and oxygen atoms in total. The fraction of sp³-hybridized carbons (Fsp3) is 0.893. The Kier molecular flexibility index (Phi) is 7.13. The van der Waals surface area contributed by atoms with Crippen molar-refractivity contribution in [1.82, 2.24) is 25.3 Å². The zero-order valence-electron chi connectivity index (χ0n) is 23.3. The van der Waals surface area contributed by atoms with Crippen molar-refractivity contribution in [2.24, 2.45) is 0 Å². The number of hydrogen-bond acceptors (Lipinski definition) is 6. The molecule has 2 amide bonds. The molecule has 5 fully saturated rings. The van der Waals surface area contributed by atoms with Crippen LogP contribution in [-0.4, -0.2) is 87.5 Å². The van der Waals surface area contributed by atoms with Crippen LogP contribution in [0.1, 0.15) is 103 Å². The molecule has 1 aromatic rings. The maximum Gasteiger partial charge on any atom is 0.317 e. The molecule has 0 aromatic carbocycles. The second-order valence-corrected chi connectivity index (χ2v) is 13.1. The molecule has 2 bridgehead atoms. The number of aromatic nitrogens is 2. The van der Waals surface area contributed by atoms with E-state index in [1.807, 2.05) is 6.92 Å². The molecule has 3 aliphatic heterocycles. The van der Waals surface area contributed by atoms with Crippen LogP contribution in [0.5, 0.6) is 0 Å². The van der Waals surface area contributed by atoms with Gasteiger partial charge in [-0.2, -0.15) is 4.98 Å². The van der Waals surface area contributed by atoms with Gasteiger partial charge in [0.2, 0.25) is 5.89 Å². The summed E-state index contributed by atoms with van der Waals surface area (Å²) in [5, 5.41) is 6.79. The number of likely N-dealkylation sites (tertiary alicyclic amines) is 1. The summed E-state index contributed by atoms with van der Waals surface area (Å²) in [5.74, 6) is -2.45.